The van der Waals surface area contributed by atoms with Crippen molar-refractivity contribution in [2.75, 3.05) is 40.0 Å². The van der Waals surface area contributed by atoms with Crippen molar-refractivity contribution in [2.24, 2.45) is 7.05 Å². The van der Waals surface area contributed by atoms with Crippen LogP contribution in [0.1, 0.15) is 23.0 Å². The molecule has 9 heteroatoms. The van der Waals surface area contributed by atoms with E-state index in [0.29, 0.717) is 18.7 Å². The summed E-state index contributed by atoms with van der Waals surface area (Å²) in [5, 5.41) is 29.7. The number of carbonyl (C=O) groups is 1. The summed E-state index contributed by atoms with van der Waals surface area (Å²) in [5.74, 6) is -0.809. The minimum atomic E-state index is -0.622. The molecule has 1 aromatic heterocycles. The molecule has 1 heterocycles. The zero-order valence-electron chi connectivity index (χ0n) is 13.7. The highest BCUT2D eigenvalue weighted by atomic mass is 16.6. The molecule has 2 N–H and O–H groups in total. The van der Waals surface area contributed by atoms with Gasteiger partial charge in [0.05, 0.1) is 33.9 Å². The number of nitro groups is 1. The summed E-state index contributed by atoms with van der Waals surface area (Å²) in [6.45, 7) is 2.50. The van der Waals surface area contributed by atoms with E-state index in [-0.39, 0.29) is 42.4 Å². The number of rotatable bonds is 9. The number of aromatic nitrogens is 1. The zero-order valence-corrected chi connectivity index (χ0v) is 13.7. The molecule has 0 amide bonds. The fraction of sp³-hybridized carbons (Fsp3) is 0.643. The first-order valence-corrected chi connectivity index (χ1v) is 7.35. The van der Waals surface area contributed by atoms with E-state index in [0.717, 1.165) is 0 Å². The SMILES string of the molecule is CCOC(=O)c1cc(C[N+](C)(CCO)CCO)c([N+](=O)[O-])n1C. The molecule has 0 bridgehead atoms. The lowest BCUT2D eigenvalue weighted by molar-refractivity contribution is -0.923. The van der Waals surface area contributed by atoms with Gasteiger partial charge >= 0.3 is 11.8 Å². The van der Waals surface area contributed by atoms with Crippen LogP contribution in [0.3, 0.4) is 0 Å². The number of ether oxygens (including phenoxy) is 1. The third kappa shape index (κ3) is 4.50. The van der Waals surface area contributed by atoms with Gasteiger partial charge in [-0.1, -0.05) is 0 Å². The summed E-state index contributed by atoms with van der Waals surface area (Å²) in [4.78, 5) is 22.7. The molecule has 130 valence electrons. The number of esters is 1. The first-order chi connectivity index (χ1) is 10.8. The summed E-state index contributed by atoms with van der Waals surface area (Å²) in [5.41, 5.74) is 0.470. The van der Waals surface area contributed by atoms with Gasteiger partial charge in [0.1, 0.15) is 25.2 Å². The van der Waals surface area contributed by atoms with Crippen LogP contribution in [0.15, 0.2) is 6.07 Å². The van der Waals surface area contributed by atoms with E-state index in [1.165, 1.54) is 17.7 Å². The molecule has 0 unspecified atom stereocenters. The minimum absolute atomic E-state index is 0.105. The van der Waals surface area contributed by atoms with Crippen LogP contribution < -0.4 is 0 Å². The van der Waals surface area contributed by atoms with E-state index in [4.69, 9.17) is 4.74 Å². The molecule has 0 aliphatic rings. The quantitative estimate of drug-likeness (QED) is 0.286. The molecule has 0 fully saturated rings. The summed E-state index contributed by atoms with van der Waals surface area (Å²) in [6, 6.07) is 1.45. The Labute approximate surface area is 134 Å². The van der Waals surface area contributed by atoms with Crippen LogP contribution in [0.5, 0.6) is 0 Å². The monoisotopic (exact) mass is 330 g/mol. The average Bonchev–Trinajstić information content (AvgIpc) is 2.75. The molecule has 0 aromatic carbocycles. The van der Waals surface area contributed by atoms with Crippen molar-refractivity contribution in [3.05, 3.63) is 27.4 Å². The number of quaternary nitrogens is 1. The Hall–Kier alpha value is -1.97. The lowest BCUT2D eigenvalue weighted by Gasteiger charge is -2.32. The average molecular weight is 330 g/mol. The van der Waals surface area contributed by atoms with Gasteiger partial charge in [0.15, 0.2) is 0 Å². The predicted molar refractivity (Wildman–Crippen MR) is 81.8 cm³/mol. The van der Waals surface area contributed by atoms with Crippen LogP contribution in [0.4, 0.5) is 5.82 Å². The van der Waals surface area contributed by atoms with Crippen molar-refractivity contribution in [3.8, 4) is 0 Å². The third-order valence-electron chi connectivity index (χ3n) is 3.77. The maximum Gasteiger partial charge on any atom is 0.378 e. The van der Waals surface area contributed by atoms with Crippen molar-refractivity contribution in [1.82, 2.24) is 4.57 Å². The molecule has 0 spiro atoms. The van der Waals surface area contributed by atoms with E-state index >= 15 is 0 Å². The van der Waals surface area contributed by atoms with Gasteiger partial charge in [-0.3, -0.25) is 0 Å². The highest BCUT2D eigenvalue weighted by Gasteiger charge is 2.32. The van der Waals surface area contributed by atoms with Crippen LogP contribution in [0.2, 0.25) is 0 Å². The molecule has 0 radical (unpaired) electrons. The molecule has 0 saturated carbocycles. The van der Waals surface area contributed by atoms with Gasteiger partial charge in [-0.2, -0.15) is 0 Å². The second-order valence-corrected chi connectivity index (χ2v) is 5.59. The lowest BCUT2D eigenvalue weighted by Crippen LogP contribution is -2.47. The van der Waals surface area contributed by atoms with Gasteiger partial charge in [-0.25, -0.2) is 9.36 Å². The van der Waals surface area contributed by atoms with Crippen molar-refractivity contribution < 1.29 is 29.2 Å². The highest BCUT2D eigenvalue weighted by Crippen LogP contribution is 2.26. The van der Waals surface area contributed by atoms with E-state index in [1.807, 2.05) is 0 Å². The summed E-state index contributed by atoms with van der Waals surface area (Å²) in [6.07, 6.45) is 0. The molecule has 0 atom stereocenters. The molecule has 23 heavy (non-hydrogen) atoms. The summed E-state index contributed by atoms with van der Waals surface area (Å²) < 4.78 is 6.34. The number of likely N-dealkylation sites (N-methyl/N-ethyl adjacent to an activating group) is 1. The number of aliphatic hydroxyl groups excluding tert-OH is 2. The number of hydrogen-bond donors (Lipinski definition) is 2. The lowest BCUT2D eigenvalue weighted by atomic mass is 10.2. The topological polar surface area (TPSA) is 115 Å². The van der Waals surface area contributed by atoms with Crippen molar-refractivity contribution in [1.29, 1.82) is 0 Å². The number of aliphatic hydroxyl groups is 2. The Bertz CT molecular complexity index is 563. The molecule has 1 rings (SSSR count). The first-order valence-electron chi connectivity index (χ1n) is 7.35. The van der Waals surface area contributed by atoms with Crippen LogP contribution in [0.25, 0.3) is 0 Å². The van der Waals surface area contributed by atoms with Crippen molar-refractivity contribution in [2.45, 2.75) is 13.5 Å². The summed E-state index contributed by atoms with van der Waals surface area (Å²) in [7, 11) is 3.23. The molecule has 0 aliphatic heterocycles. The van der Waals surface area contributed by atoms with Crippen LogP contribution in [0, 0.1) is 10.1 Å². The number of nitrogens with zero attached hydrogens (tertiary/aromatic N) is 3. The fourth-order valence-corrected chi connectivity index (χ4v) is 2.58. The number of carbonyl (C=O) groups excluding carboxylic acids is 1. The van der Waals surface area contributed by atoms with Gasteiger partial charge in [-0.05, 0) is 11.8 Å². The Morgan fingerprint density at radius 3 is 2.39 bits per heavy atom. The number of hydrogen-bond acceptors (Lipinski definition) is 6. The molecule has 0 aliphatic carbocycles. The van der Waals surface area contributed by atoms with Gasteiger partial charge in [-0.15, -0.1) is 0 Å². The van der Waals surface area contributed by atoms with Crippen LogP contribution in [-0.4, -0.2) is 70.1 Å². The predicted octanol–water partition coefficient (Wildman–Crippen LogP) is 0.0412. The Morgan fingerprint density at radius 2 is 1.96 bits per heavy atom. The normalized spacial score (nSPS) is 11.5. The first kappa shape index (κ1) is 19.1. The third-order valence-corrected chi connectivity index (χ3v) is 3.77. The van der Waals surface area contributed by atoms with E-state index in [9.17, 15) is 25.1 Å². The second-order valence-electron chi connectivity index (χ2n) is 5.59. The van der Waals surface area contributed by atoms with Gasteiger partial charge < -0.3 is 29.5 Å². The Morgan fingerprint density at radius 1 is 1.39 bits per heavy atom. The molecule has 0 saturated heterocycles. The zero-order chi connectivity index (χ0) is 17.6. The van der Waals surface area contributed by atoms with Crippen molar-refractivity contribution in [3.63, 3.8) is 0 Å². The van der Waals surface area contributed by atoms with E-state index in [2.05, 4.69) is 0 Å². The standard InChI is InChI=1S/C14H24N3O6/c1-4-23-14(20)12-9-11(13(15(12)2)16(21)22)10-17(3,5-7-18)6-8-19/h9,18-19H,4-8,10H2,1-3H3/q+1. The maximum absolute atomic E-state index is 11.9. The highest BCUT2D eigenvalue weighted by molar-refractivity contribution is 5.89. The summed E-state index contributed by atoms with van der Waals surface area (Å²) >= 11 is 0. The molecule has 9 nitrogen and oxygen atoms in total. The molecular weight excluding hydrogens is 306 g/mol. The van der Waals surface area contributed by atoms with Crippen molar-refractivity contribution >= 4 is 11.8 Å². The maximum atomic E-state index is 11.9. The fourth-order valence-electron chi connectivity index (χ4n) is 2.58. The van der Waals surface area contributed by atoms with Crippen LogP contribution >= 0.6 is 0 Å². The second kappa shape index (κ2) is 8.04. The molecule has 1 aromatic rings. The molecular formula is C14H24N3O6+. The van der Waals surface area contributed by atoms with Crippen LogP contribution in [-0.2, 0) is 18.3 Å². The van der Waals surface area contributed by atoms with Gasteiger partial charge in [0, 0.05) is 6.07 Å². The Kier molecular flexibility index (Phi) is 6.67. The largest absolute Gasteiger partial charge is 0.460 e. The Balaban J connectivity index is 3.26. The van der Waals surface area contributed by atoms with Gasteiger partial charge in [0.2, 0.25) is 5.69 Å². The van der Waals surface area contributed by atoms with E-state index in [1.54, 1.807) is 14.0 Å². The minimum Gasteiger partial charge on any atom is -0.460 e. The smallest absolute Gasteiger partial charge is 0.378 e. The van der Waals surface area contributed by atoms with Gasteiger partial charge in [0.25, 0.3) is 0 Å². The van der Waals surface area contributed by atoms with E-state index < -0.39 is 10.9 Å².